The summed E-state index contributed by atoms with van der Waals surface area (Å²) in [5.41, 5.74) is 1.96. The van der Waals surface area contributed by atoms with E-state index >= 15 is 0 Å². The Morgan fingerprint density at radius 2 is 1.62 bits per heavy atom. The molecule has 1 atom stereocenters. The van der Waals surface area contributed by atoms with Crippen molar-refractivity contribution < 1.29 is 18.0 Å². The first-order chi connectivity index (χ1) is 18.4. The van der Waals surface area contributed by atoms with Crippen molar-refractivity contribution in [3.63, 3.8) is 0 Å². The van der Waals surface area contributed by atoms with Crippen molar-refractivity contribution in [2.24, 2.45) is 5.92 Å². The summed E-state index contributed by atoms with van der Waals surface area (Å²) in [6.07, 6.45) is 0. The topological polar surface area (TPSA) is 86.8 Å². The van der Waals surface area contributed by atoms with Gasteiger partial charge in [0.1, 0.15) is 12.6 Å². The zero-order valence-electron chi connectivity index (χ0n) is 22.4. The van der Waals surface area contributed by atoms with Crippen LogP contribution in [0.2, 0.25) is 5.02 Å². The van der Waals surface area contributed by atoms with E-state index in [1.807, 2.05) is 20.8 Å². The van der Waals surface area contributed by atoms with Gasteiger partial charge < -0.3 is 10.2 Å². The lowest BCUT2D eigenvalue weighted by atomic mass is 10.1. The molecule has 0 heterocycles. The third kappa shape index (κ3) is 8.30. The molecule has 0 bridgehead atoms. The second-order valence-electron chi connectivity index (χ2n) is 9.77. The molecule has 0 aliphatic carbocycles. The molecule has 0 aliphatic rings. The molecule has 2 amide bonds. The fourth-order valence-electron chi connectivity index (χ4n) is 3.84. The van der Waals surface area contributed by atoms with Crippen LogP contribution in [0.15, 0.2) is 82.2 Å². The summed E-state index contributed by atoms with van der Waals surface area (Å²) in [5.74, 6) is -0.623. The second-order valence-corrected chi connectivity index (χ2v) is 13.0. The summed E-state index contributed by atoms with van der Waals surface area (Å²) in [7, 11) is -4.11. The number of halogens is 2. The quantitative estimate of drug-likeness (QED) is 0.289. The van der Waals surface area contributed by atoms with Crippen molar-refractivity contribution >= 4 is 55.1 Å². The molecule has 0 saturated heterocycles. The Balaban J connectivity index is 2.01. The molecule has 10 heteroatoms. The molecule has 0 spiro atoms. The summed E-state index contributed by atoms with van der Waals surface area (Å²) >= 11 is 9.55. The average molecular weight is 635 g/mol. The number of hydrogen-bond acceptors (Lipinski definition) is 4. The van der Waals surface area contributed by atoms with Gasteiger partial charge in [-0.15, -0.1) is 0 Å². The Bertz CT molecular complexity index is 1400. The zero-order chi connectivity index (χ0) is 28.7. The highest BCUT2D eigenvalue weighted by atomic mass is 79.9. The minimum Gasteiger partial charge on any atom is -0.354 e. The van der Waals surface area contributed by atoms with E-state index in [4.69, 9.17) is 11.6 Å². The number of nitrogens with zero attached hydrogens (tertiary/aromatic N) is 2. The molecule has 208 valence electrons. The van der Waals surface area contributed by atoms with Gasteiger partial charge in [-0.25, -0.2) is 8.42 Å². The van der Waals surface area contributed by atoms with Gasteiger partial charge in [0.25, 0.3) is 10.0 Å². The van der Waals surface area contributed by atoms with E-state index in [1.165, 1.54) is 17.0 Å². The molecular formula is C29H33BrClN3O4S. The maximum absolute atomic E-state index is 13.9. The van der Waals surface area contributed by atoms with E-state index in [0.29, 0.717) is 17.3 Å². The summed E-state index contributed by atoms with van der Waals surface area (Å²) in [5, 5.41) is 3.37. The van der Waals surface area contributed by atoms with Crippen LogP contribution in [0.3, 0.4) is 0 Å². The van der Waals surface area contributed by atoms with E-state index in [9.17, 15) is 18.0 Å². The molecular weight excluding hydrogens is 602 g/mol. The van der Waals surface area contributed by atoms with Crippen molar-refractivity contribution in [3.05, 3.63) is 93.4 Å². The fraction of sp³-hybridized carbons (Fsp3) is 0.310. The molecule has 0 aromatic heterocycles. The van der Waals surface area contributed by atoms with E-state index in [0.717, 1.165) is 19.9 Å². The number of anilines is 1. The van der Waals surface area contributed by atoms with Crippen molar-refractivity contribution in [1.82, 2.24) is 10.2 Å². The Labute approximate surface area is 244 Å². The Morgan fingerprint density at radius 3 is 2.21 bits per heavy atom. The van der Waals surface area contributed by atoms with Crippen LogP contribution in [-0.4, -0.2) is 44.3 Å². The first-order valence-electron chi connectivity index (χ1n) is 12.5. The second kappa shape index (κ2) is 13.5. The van der Waals surface area contributed by atoms with Crippen LogP contribution in [0.4, 0.5) is 5.69 Å². The fourth-order valence-corrected chi connectivity index (χ4v) is 5.73. The van der Waals surface area contributed by atoms with Crippen LogP contribution < -0.4 is 9.62 Å². The number of carbonyl (C=O) groups excluding carboxylic acids is 2. The highest BCUT2D eigenvalue weighted by Crippen LogP contribution is 2.26. The summed E-state index contributed by atoms with van der Waals surface area (Å²) in [6.45, 7) is 7.49. The van der Waals surface area contributed by atoms with Gasteiger partial charge in [-0.05, 0) is 73.9 Å². The predicted octanol–water partition coefficient (Wildman–Crippen LogP) is 5.80. The SMILES string of the molecule is Cc1ccc(S(=O)(=O)N(CC(=O)N(Cc2cccc(Cl)c2)[C@H](C)C(=O)NCC(C)C)c2ccc(Br)cc2)cc1. The van der Waals surface area contributed by atoms with Crippen LogP contribution in [0, 0.1) is 12.8 Å². The van der Waals surface area contributed by atoms with Crippen LogP contribution in [0.5, 0.6) is 0 Å². The molecule has 0 saturated carbocycles. The summed E-state index contributed by atoms with van der Waals surface area (Å²) < 4.78 is 29.5. The lowest BCUT2D eigenvalue weighted by molar-refractivity contribution is -0.139. The van der Waals surface area contributed by atoms with Crippen molar-refractivity contribution in [3.8, 4) is 0 Å². The minimum absolute atomic E-state index is 0.0629. The zero-order valence-corrected chi connectivity index (χ0v) is 25.6. The third-order valence-electron chi connectivity index (χ3n) is 6.10. The monoisotopic (exact) mass is 633 g/mol. The smallest absolute Gasteiger partial charge is 0.264 e. The predicted molar refractivity (Wildman–Crippen MR) is 159 cm³/mol. The average Bonchev–Trinajstić information content (AvgIpc) is 2.89. The number of hydrogen-bond donors (Lipinski definition) is 1. The molecule has 0 aliphatic heterocycles. The Kier molecular flexibility index (Phi) is 10.6. The van der Waals surface area contributed by atoms with Crippen LogP contribution in [0.1, 0.15) is 31.9 Å². The number of carbonyl (C=O) groups is 2. The minimum atomic E-state index is -4.11. The maximum atomic E-state index is 13.9. The van der Waals surface area contributed by atoms with Gasteiger partial charge in [0.15, 0.2) is 0 Å². The maximum Gasteiger partial charge on any atom is 0.264 e. The van der Waals surface area contributed by atoms with Crippen LogP contribution in [0.25, 0.3) is 0 Å². The molecule has 3 aromatic carbocycles. The lowest BCUT2D eigenvalue weighted by Crippen LogP contribution is -2.51. The molecule has 0 fully saturated rings. The van der Waals surface area contributed by atoms with Crippen LogP contribution in [-0.2, 0) is 26.2 Å². The molecule has 0 unspecified atom stereocenters. The van der Waals surface area contributed by atoms with Crippen molar-refractivity contribution in [2.45, 2.75) is 45.2 Å². The molecule has 3 rings (SSSR count). The van der Waals surface area contributed by atoms with Gasteiger partial charge in [0.2, 0.25) is 11.8 Å². The molecule has 39 heavy (non-hydrogen) atoms. The number of sulfonamides is 1. The lowest BCUT2D eigenvalue weighted by Gasteiger charge is -2.32. The molecule has 7 nitrogen and oxygen atoms in total. The highest BCUT2D eigenvalue weighted by molar-refractivity contribution is 9.10. The van der Waals surface area contributed by atoms with Gasteiger partial charge in [0, 0.05) is 22.6 Å². The Morgan fingerprint density at radius 1 is 0.974 bits per heavy atom. The summed E-state index contributed by atoms with van der Waals surface area (Å²) in [4.78, 5) is 28.4. The van der Waals surface area contributed by atoms with Gasteiger partial charge >= 0.3 is 0 Å². The van der Waals surface area contributed by atoms with E-state index in [-0.39, 0.29) is 23.3 Å². The van der Waals surface area contributed by atoms with Gasteiger partial charge in [0.05, 0.1) is 10.6 Å². The number of nitrogens with one attached hydrogen (secondary N) is 1. The number of benzene rings is 3. The largest absolute Gasteiger partial charge is 0.354 e. The first-order valence-corrected chi connectivity index (χ1v) is 15.2. The number of amides is 2. The standard InChI is InChI=1S/C29H33BrClN3O4S/c1-20(2)17-32-29(36)22(4)33(18-23-6-5-7-25(31)16-23)28(35)19-34(26-12-10-24(30)11-13-26)39(37,38)27-14-8-21(3)9-15-27/h5-16,20,22H,17-19H2,1-4H3,(H,32,36)/t22-/m1/s1. The van der Waals surface area contributed by atoms with Crippen LogP contribution >= 0.6 is 27.5 Å². The van der Waals surface area contributed by atoms with Gasteiger partial charge in [-0.3, -0.25) is 13.9 Å². The molecule has 3 aromatic rings. The van der Waals surface area contributed by atoms with E-state index in [2.05, 4.69) is 21.2 Å². The molecule has 0 radical (unpaired) electrons. The van der Waals surface area contributed by atoms with Crippen molar-refractivity contribution in [1.29, 1.82) is 0 Å². The van der Waals surface area contributed by atoms with Gasteiger partial charge in [-0.1, -0.05) is 71.2 Å². The van der Waals surface area contributed by atoms with E-state index < -0.39 is 28.5 Å². The molecule has 1 N–H and O–H groups in total. The normalized spacial score (nSPS) is 12.2. The summed E-state index contributed by atoms with van der Waals surface area (Å²) in [6, 6.07) is 19.3. The van der Waals surface area contributed by atoms with Gasteiger partial charge in [-0.2, -0.15) is 0 Å². The Hall–Kier alpha value is -2.88. The third-order valence-corrected chi connectivity index (χ3v) is 8.65. The number of rotatable bonds is 11. The first kappa shape index (κ1) is 30.7. The van der Waals surface area contributed by atoms with E-state index in [1.54, 1.807) is 67.6 Å². The number of aryl methyl sites for hydroxylation is 1. The van der Waals surface area contributed by atoms with Crippen molar-refractivity contribution in [2.75, 3.05) is 17.4 Å². The highest BCUT2D eigenvalue weighted by Gasteiger charge is 2.32.